The highest BCUT2D eigenvalue weighted by atomic mass is 32.2. The molecule has 138 valence electrons. The Hall–Kier alpha value is -2.20. The average molecular weight is 373 g/mol. The highest BCUT2D eigenvalue weighted by Crippen LogP contribution is 2.36. The lowest BCUT2D eigenvalue weighted by Crippen LogP contribution is -2.28. The maximum absolute atomic E-state index is 12.6. The molecular weight excluding hydrogens is 350 g/mol. The summed E-state index contributed by atoms with van der Waals surface area (Å²) in [4.78, 5) is 12.5. The van der Waals surface area contributed by atoms with Gasteiger partial charge in [-0.25, -0.2) is 8.42 Å². The predicted molar refractivity (Wildman–Crippen MR) is 98.5 cm³/mol. The quantitative estimate of drug-likeness (QED) is 0.710. The van der Waals surface area contributed by atoms with E-state index in [4.69, 9.17) is 6.42 Å². The summed E-state index contributed by atoms with van der Waals surface area (Å²) in [5.74, 6) is 2.34. The molecule has 1 amide bonds. The largest absolute Gasteiger partial charge is 0.352 e. The number of carbonyl (C=O) groups is 1. The maximum atomic E-state index is 12.6. The molecule has 1 aliphatic carbocycles. The van der Waals surface area contributed by atoms with Crippen LogP contribution in [0.5, 0.6) is 0 Å². The summed E-state index contributed by atoms with van der Waals surface area (Å²) in [6.07, 6.45) is 10.6. The molecular formula is C19H23N3O3S. The third-order valence-corrected chi connectivity index (χ3v) is 7.33. The summed E-state index contributed by atoms with van der Waals surface area (Å²) in [6, 6.07) is 6.19. The van der Waals surface area contributed by atoms with Crippen LogP contribution in [-0.2, 0) is 9.84 Å². The smallest absolute Gasteiger partial charge is 0.251 e. The van der Waals surface area contributed by atoms with Crippen LogP contribution in [0, 0.1) is 12.3 Å². The maximum Gasteiger partial charge on any atom is 0.251 e. The van der Waals surface area contributed by atoms with Crippen molar-refractivity contribution >= 4 is 15.7 Å². The van der Waals surface area contributed by atoms with Crippen molar-refractivity contribution in [3.63, 3.8) is 0 Å². The first-order valence-corrected chi connectivity index (χ1v) is 10.5. The highest BCUT2D eigenvalue weighted by molar-refractivity contribution is 7.92. The van der Waals surface area contributed by atoms with E-state index in [1.165, 1.54) is 12.1 Å². The zero-order valence-electron chi connectivity index (χ0n) is 14.6. The van der Waals surface area contributed by atoms with Crippen LogP contribution in [-0.4, -0.2) is 31.8 Å². The second kappa shape index (κ2) is 7.58. The van der Waals surface area contributed by atoms with Crippen LogP contribution >= 0.6 is 0 Å². The van der Waals surface area contributed by atoms with E-state index in [1.807, 2.05) is 0 Å². The highest BCUT2D eigenvalue weighted by Gasteiger charge is 2.38. The number of terminal acetylenes is 1. The minimum atomic E-state index is -3.29. The fourth-order valence-corrected chi connectivity index (χ4v) is 5.19. The standard InChI is InChI=1S/C19H23N3O3S/c1-2-3-12-19(21-22-19)13-14-20-18(23)15-8-10-17(11-9-15)26(24,25)16-6-4-5-7-16/h1,8-11,16H,3-7,12-14H2,(H,20,23). The number of hydrogen-bond donors (Lipinski definition) is 1. The molecule has 1 aromatic carbocycles. The molecule has 0 aromatic heterocycles. The van der Waals surface area contributed by atoms with E-state index in [0.29, 0.717) is 36.3 Å². The second-order valence-electron chi connectivity index (χ2n) is 6.87. The van der Waals surface area contributed by atoms with Crippen molar-refractivity contribution in [1.82, 2.24) is 5.32 Å². The van der Waals surface area contributed by atoms with Crippen molar-refractivity contribution in [3.05, 3.63) is 29.8 Å². The van der Waals surface area contributed by atoms with E-state index < -0.39 is 15.5 Å². The summed E-state index contributed by atoms with van der Waals surface area (Å²) >= 11 is 0. The lowest BCUT2D eigenvalue weighted by molar-refractivity contribution is 0.0952. The number of nitrogens with one attached hydrogen (secondary N) is 1. The number of hydrogen-bond acceptors (Lipinski definition) is 5. The Labute approximate surface area is 154 Å². The zero-order valence-corrected chi connectivity index (χ0v) is 15.5. The molecule has 1 saturated carbocycles. The third-order valence-electron chi connectivity index (χ3n) is 5.05. The molecule has 1 aromatic rings. The minimum absolute atomic E-state index is 0.234. The molecule has 0 atom stereocenters. The molecule has 3 rings (SSSR count). The van der Waals surface area contributed by atoms with Crippen LogP contribution in [0.25, 0.3) is 0 Å². The normalized spacial score (nSPS) is 18.4. The van der Waals surface area contributed by atoms with Crippen molar-refractivity contribution < 1.29 is 13.2 Å². The monoisotopic (exact) mass is 373 g/mol. The van der Waals surface area contributed by atoms with E-state index in [-0.39, 0.29) is 11.2 Å². The summed E-state index contributed by atoms with van der Waals surface area (Å²) in [5, 5.41) is 10.6. The minimum Gasteiger partial charge on any atom is -0.352 e. The Bertz CT molecular complexity index is 826. The third kappa shape index (κ3) is 4.13. The Morgan fingerprint density at radius 2 is 1.85 bits per heavy atom. The summed E-state index contributed by atoms with van der Waals surface area (Å²) < 4.78 is 25.1. The van der Waals surface area contributed by atoms with Crippen LogP contribution in [0.1, 0.15) is 55.3 Å². The van der Waals surface area contributed by atoms with Crippen LogP contribution in [0.15, 0.2) is 39.4 Å². The number of amides is 1. The van der Waals surface area contributed by atoms with Gasteiger partial charge in [-0.3, -0.25) is 4.79 Å². The first-order valence-electron chi connectivity index (χ1n) is 8.97. The van der Waals surface area contributed by atoms with Crippen molar-refractivity contribution in [1.29, 1.82) is 0 Å². The van der Waals surface area contributed by atoms with E-state index in [0.717, 1.165) is 25.7 Å². The van der Waals surface area contributed by atoms with Gasteiger partial charge in [0.1, 0.15) is 0 Å². The summed E-state index contributed by atoms with van der Waals surface area (Å²) in [6.45, 7) is 0.443. The molecule has 1 heterocycles. The molecule has 0 saturated heterocycles. The molecule has 7 heteroatoms. The van der Waals surface area contributed by atoms with Gasteiger partial charge in [0, 0.05) is 31.4 Å². The van der Waals surface area contributed by atoms with Crippen molar-refractivity contribution in [2.24, 2.45) is 10.2 Å². The fraction of sp³-hybridized carbons (Fsp3) is 0.526. The van der Waals surface area contributed by atoms with E-state index in [1.54, 1.807) is 12.1 Å². The average Bonchev–Trinajstić information content (AvgIpc) is 3.18. The number of carbonyl (C=O) groups excluding carboxylic acids is 1. The molecule has 1 fully saturated rings. The lowest BCUT2D eigenvalue weighted by Gasteiger charge is -2.12. The van der Waals surface area contributed by atoms with Crippen LogP contribution in [0.2, 0.25) is 0 Å². The predicted octanol–water partition coefficient (Wildman–Crippen LogP) is 3.10. The Morgan fingerprint density at radius 3 is 2.42 bits per heavy atom. The second-order valence-corrected chi connectivity index (χ2v) is 9.10. The first-order chi connectivity index (χ1) is 12.5. The van der Waals surface area contributed by atoms with E-state index >= 15 is 0 Å². The number of rotatable bonds is 8. The van der Waals surface area contributed by atoms with Gasteiger partial charge in [0.2, 0.25) is 0 Å². The fourth-order valence-electron chi connectivity index (χ4n) is 3.33. The molecule has 0 unspecified atom stereocenters. The number of nitrogens with zero attached hydrogens (tertiary/aromatic N) is 2. The zero-order chi connectivity index (χ0) is 18.6. The molecule has 2 aliphatic rings. The number of benzene rings is 1. The van der Waals surface area contributed by atoms with E-state index in [9.17, 15) is 13.2 Å². The molecule has 6 nitrogen and oxygen atoms in total. The lowest BCUT2D eigenvalue weighted by atomic mass is 10.0. The van der Waals surface area contributed by atoms with Crippen LogP contribution in [0.3, 0.4) is 0 Å². The van der Waals surface area contributed by atoms with Gasteiger partial charge in [-0.15, -0.1) is 12.3 Å². The van der Waals surface area contributed by atoms with Crippen molar-refractivity contribution in [2.45, 2.75) is 60.8 Å². The number of sulfone groups is 1. The Balaban J connectivity index is 1.53. The van der Waals surface area contributed by atoms with Gasteiger partial charge in [0.25, 0.3) is 5.91 Å². The van der Waals surface area contributed by atoms with Gasteiger partial charge in [0.15, 0.2) is 15.5 Å². The first kappa shape index (κ1) is 18.6. The Morgan fingerprint density at radius 1 is 1.19 bits per heavy atom. The van der Waals surface area contributed by atoms with Gasteiger partial charge >= 0.3 is 0 Å². The molecule has 1 aliphatic heterocycles. The van der Waals surface area contributed by atoms with Crippen molar-refractivity contribution in [2.75, 3.05) is 6.54 Å². The van der Waals surface area contributed by atoms with Gasteiger partial charge < -0.3 is 5.32 Å². The van der Waals surface area contributed by atoms with Gasteiger partial charge in [-0.1, -0.05) is 12.8 Å². The molecule has 1 N–H and O–H groups in total. The van der Waals surface area contributed by atoms with E-state index in [2.05, 4.69) is 21.5 Å². The van der Waals surface area contributed by atoms with Crippen LogP contribution < -0.4 is 5.32 Å². The summed E-state index contributed by atoms with van der Waals surface area (Å²) in [7, 11) is -3.29. The van der Waals surface area contributed by atoms with Gasteiger partial charge in [-0.2, -0.15) is 10.2 Å². The Kier molecular flexibility index (Phi) is 5.42. The van der Waals surface area contributed by atoms with Crippen LogP contribution in [0.4, 0.5) is 0 Å². The van der Waals surface area contributed by atoms with Gasteiger partial charge in [-0.05, 0) is 37.1 Å². The SMILES string of the molecule is C#CCCC1(CCNC(=O)c2ccc(S(=O)(=O)C3CCCC3)cc2)N=N1. The van der Waals surface area contributed by atoms with Gasteiger partial charge in [0.05, 0.1) is 10.1 Å². The van der Waals surface area contributed by atoms with Crippen molar-refractivity contribution in [3.8, 4) is 12.3 Å². The summed E-state index contributed by atoms with van der Waals surface area (Å²) in [5.41, 5.74) is 0.0245. The topological polar surface area (TPSA) is 88.0 Å². The molecule has 26 heavy (non-hydrogen) atoms. The molecule has 0 spiro atoms. The molecule has 0 bridgehead atoms. The molecule has 0 radical (unpaired) electrons.